The minimum atomic E-state index is -0.342. The summed E-state index contributed by atoms with van der Waals surface area (Å²) in [7, 11) is 1.61. The number of hydrogen-bond acceptors (Lipinski definition) is 5. The molecule has 1 aliphatic heterocycles. The fourth-order valence-corrected chi connectivity index (χ4v) is 3.80. The number of nitrogens with zero attached hydrogens (tertiary/aromatic N) is 2. The Bertz CT molecular complexity index is 1070. The van der Waals surface area contributed by atoms with Gasteiger partial charge in [-0.25, -0.2) is 9.07 Å². The maximum atomic E-state index is 13.4. The van der Waals surface area contributed by atoms with E-state index in [0.717, 1.165) is 42.1 Å². The number of hydrogen-bond donors (Lipinski definition) is 1. The highest BCUT2D eigenvalue weighted by molar-refractivity contribution is 5.76. The number of ether oxygens (including phenoxy) is 3. The Hall–Kier alpha value is -3.39. The Morgan fingerprint density at radius 2 is 1.91 bits per heavy atom. The van der Waals surface area contributed by atoms with Crippen LogP contribution in [0.1, 0.15) is 30.5 Å². The largest absolute Gasteiger partial charge is 0.497 e. The lowest BCUT2D eigenvalue weighted by Gasteiger charge is -2.13. The Morgan fingerprint density at radius 1 is 1.18 bits per heavy atom. The molecule has 33 heavy (non-hydrogen) atoms. The van der Waals surface area contributed by atoms with Crippen LogP contribution in [-0.4, -0.2) is 42.1 Å². The van der Waals surface area contributed by atoms with Crippen molar-refractivity contribution in [2.75, 3.05) is 20.3 Å². The molecule has 174 valence electrons. The molecule has 1 atom stereocenters. The molecule has 1 aromatic heterocycles. The zero-order chi connectivity index (χ0) is 23.2. The molecular weight excluding hydrogens is 425 g/mol. The Balaban J connectivity index is 1.55. The van der Waals surface area contributed by atoms with Gasteiger partial charge in [-0.05, 0) is 74.7 Å². The van der Waals surface area contributed by atoms with Gasteiger partial charge in [-0.1, -0.05) is 0 Å². The summed E-state index contributed by atoms with van der Waals surface area (Å²) < 4.78 is 32.0. The number of halogens is 1. The standard InChI is InChI=1S/C25H28FN3O4/c1-17-23(13-14-24(30)27-16-22-4-3-15-32-22)25(33-21-9-5-18(26)6-10-21)29(28-17)19-7-11-20(31-2)12-8-19/h5-12,22H,3-4,13-16H2,1-2H3,(H,27,30)/t22-/m0/s1. The van der Waals surface area contributed by atoms with Gasteiger partial charge in [0.15, 0.2) is 0 Å². The van der Waals surface area contributed by atoms with Crippen LogP contribution in [0.5, 0.6) is 17.4 Å². The zero-order valence-electron chi connectivity index (χ0n) is 18.8. The second-order valence-electron chi connectivity index (χ2n) is 7.97. The summed E-state index contributed by atoms with van der Waals surface area (Å²) in [4.78, 5) is 12.4. The molecule has 1 saturated heterocycles. The number of methoxy groups -OCH3 is 1. The minimum absolute atomic E-state index is 0.0465. The molecule has 2 heterocycles. The minimum Gasteiger partial charge on any atom is -0.497 e. The third kappa shape index (κ3) is 5.70. The van der Waals surface area contributed by atoms with Crippen molar-refractivity contribution >= 4 is 5.91 Å². The summed E-state index contributed by atoms with van der Waals surface area (Å²) in [6.45, 7) is 3.17. The smallest absolute Gasteiger partial charge is 0.226 e. The third-order valence-electron chi connectivity index (χ3n) is 5.64. The van der Waals surface area contributed by atoms with E-state index in [2.05, 4.69) is 10.4 Å². The van der Waals surface area contributed by atoms with Crippen molar-refractivity contribution in [2.24, 2.45) is 0 Å². The first-order valence-corrected chi connectivity index (χ1v) is 11.1. The maximum absolute atomic E-state index is 13.4. The lowest BCUT2D eigenvalue weighted by molar-refractivity contribution is -0.121. The molecule has 0 spiro atoms. The van der Waals surface area contributed by atoms with Crippen molar-refractivity contribution in [1.29, 1.82) is 0 Å². The number of rotatable bonds is 9. The summed E-state index contributed by atoms with van der Waals surface area (Å²) in [5.41, 5.74) is 2.36. The molecule has 0 saturated carbocycles. The van der Waals surface area contributed by atoms with Crippen molar-refractivity contribution in [1.82, 2.24) is 15.1 Å². The highest BCUT2D eigenvalue weighted by Gasteiger charge is 2.21. The van der Waals surface area contributed by atoms with Gasteiger partial charge in [-0.3, -0.25) is 4.79 Å². The molecule has 0 radical (unpaired) electrons. The van der Waals surface area contributed by atoms with E-state index < -0.39 is 0 Å². The number of carbonyl (C=O) groups excluding carboxylic acids is 1. The second-order valence-corrected chi connectivity index (χ2v) is 7.97. The molecule has 1 amide bonds. The Morgan fingerprint density at radius 3 is 2.58 bits per heavy atom. The lowest BCUT2D eigenvalue weighted by Crippen LogP contribution is -2.31. The summed E-state index contributed by atoms with van der Waals surface area (Å²) in [5.74, 6) is 1.32. The average Bonchev–Trinajstić information content (AvgIpc) is 3.46. The van der Waals surface area contributed by atoms with Crippen LogP contribution < -0.4 is 14.8 Å². The van der Waals surface area contributed by atoms with Gasteiger partial charge in [-0.15, -0.1) is 0 Å². The van der Waals surface area contributed by atoms with Crippen LogP contribution in [0.25, 0.3) is 5.69 Å². The number of benzene rings is 2. The van der Waals surface area contributed by atoms with Gasteiger partial charge in [-0.2, -0.15) is 5.10 Å². The second kappa shape index (κ2) is 10.5. The van der Waals surface area contributed by atoms with Crippen LogP contribution in [0.4, 0.5) is 4.39 Å². The summed E-state index contributed by atoms with van der Waals surface area (Å²) >= 11 is 0. The van der Waals surface area contributed by atoms with E-state index in [1.807, 2.05) is 31.2 Å². The van der Waals surface area contributed by atoms with Gasteiger partial charge in [0.05, 0.1) is 24.6 Å². The van der Waals surface area contributed by atoms with Crippen LogP contribution in [-0.2, 0) is 16.0 Å². The van der Waals surface area contributed by atoms with Crippen molar-refractivity contribution in [3.05, 3.63) is 65.6 Å². The van der Waals surface area contributed by atoms with Gasteiger partial charge in [0.1, 0.15) is 17.3 Å². The van der Waals surface area contributed by atoms with Crippen LogP contribution in [0, 0.1) is 12.7 Å². The van der Waals surface area contributed by atoms with Crippen molar-refractivity contribution in [3.63, 3.8) is 0 Å². The molecule has 0 bridgehead atoms. The first-order chi connectivity index (χ1) is 16.0. The van der Waals surface area contributed by atoms with Crippen LogP contribution >= 0.6 is 0 Å². The number of nitrogens with one attached hydrogen (secondary N) is 1. The van der Waals surface area contributed by atoms with E-state index in [-0.39, 0.29) is 17.8 Å². The lowest BCUT2D eigenvalue weighted by atomic mass is 10.1. The fraction of sp³-hybridized carbons (Fsp3) is 0.360. The van der Waals surface area contributed by atoms with E-state index in [0.29, 0.717) is 31.0 Å². The average molecular weight is 454 g/mol. The molecule has 8 heteroatoms. The van der Waals surface area contributed by atoms with E-state index in [1.54, 1.807) is 23.9 Å². The highest BCUT2D eigenvalue weighted by atomic mass is 19.1. The quantitative estimate of drug-likeness (QED) is 0.522. The molecule has 1 aliphatic rings. The predicted molar refractivity (Wildman–Crippen MR) is 122 cm³/mol. The van der Waals surface area contributed by atoms with Crippen molar-refractivity contribution < 1.29 is 23.4 Å². The molecule has 1 fully saturated rings. The van der Waals surface area contributed by atoms with Crippen LogP contribution in [0.15, 0.2) is 48.5 Å². The number of carbonyl (C=O) groups is 1. The third-order valence-corrected chi connectivity index (χ3v) is 5.64. The summed E-state index contributed by atoms with van der Waals surface area (Å²) in [6, 6.07) is 13.2. The van der Waals surface area contributed by atoms with E-state index in [9.17, 15) is 9.18 Å². The molecule has 4 rings (SSSR count). The molecule has 7 nitrogen and oxygen atoms in total. The highest BCUT2D eigenvalue weighted by Crippen LogP contribution is 2.32. The fourth-order valence-electron chi connectivity index (χ4n) is 3.80. The molecular formula is C25H28FN3O4. The Labute approximate surface area is 192 Å². The van der Waals surface area contributed by atoms with Gasteiger partial charge < -0.3 is 19.5 Å². The molecule has 2 aromatic carbocycles. The number of aromatic nitrogens is 2. The Kier molecular flexibility index (Phi) is 7.24. The van der Waals surface area contributed by atoms with Gasteiger partial charge in [0.2, 0.25) is 11.8 Å². The summed E-state index contributed by atoms with van der Waals surface area (Å²) in [5, 5.41) is 7.62. The van der Waals surface area contributed by atoms with Gasteiger partial charge >= 0.3 is 0 Å². The van der Waals surface area contributed by atoms with Crippen molar-refractivity contribution in [3.8, 4) is 23.1 Å². The first kappa shape index (κ1) is 22.8. The predicted octanol–water partition coefficient (Wildman–Crippen LogP) is 4.35. The van der Waals surface area contributed by atoms with Crippen LogP contribution in [0.3, 0.4) is 0 Å². The maximum Gasteiger partial charge on any atom is 0.226 e. The molecule has 0 unspecified atom stereocenters. The van der Waals surface area contributed by atoms with E-state index >= 15 is 0 Å². The van der Waals surface area contributed by atoms with E-state index in [4.69, 9.17) is 14.2 Å². The first-order valence-electron chi connectivity index (χ1n) is 11.1. The monoisotopic (exact) mass is 453 g/mol. The molecule has 1 N–H and O–H groups in total. The topological polar surface area (TPSA) is 74.6 Å². The van der Waals surface area contributed by atoms with Crippen molar-refractivity contribution in [2.45, 2.75) is 38.7 Å². The SMILES string of the molecule is COc1ccc(-n2nc(C)c(CCC(=O)NC[C@@H]3CCCO3)c2Oc2ccc(F)cc2)cc1. The molecule has 3 aromatic rings. The van der Waals surface area contributed by atoms with E-state index in [1.165, 1.54) is 12.1 Å². The normalized spacial score (nSPS) is 15.4. The zero-order valence-corrected chi connectivity index (χ0v) is 18.8. The summed E-state index contributed by atoms with van der Waals surface area (Å²) in [6.07, 6.45) is 2.86. The van der Waals surface area contributed by atoms with Gasteiger partial charge in [0, 0.05) is 25.1 Å². The molecule has 0 aliphatic carbocycles. The van der Waals surface area contributed by atoms with Crippen LogP contribution in [0.2, 0.25) is 0 Å². The number of aryl methyl sites for hydroxylation is 1. The van der Waals surface area contributed by atoms with Gasteiger partial charge in [0.25, 0.3) is 0 Å². The number of amides is 1.